The molecule has 1 fully saturated rings. The molecule has 0 spiro atoms. The van der Waals surface area contributed by atoms with Crippen molar-refractivity contribution in [2.24, 2.45) is 0 Å². The number of anilines is 1. The molecule has 1 saturated heterocycles. The number of carbonyl (C=O) groups is 2. The van der Waals surface area contributed by atoms with Crippen LogP contribution in [0.15, 0.2) is 59.8 Å². The number of hydrogen-bond acceptors (Lipinski definition) is 6. The zero-order valence-corrected chi connectivity index (χ0v) is 20.8. The average Bonchev–Trinajstić information content (AvgIpc) is 2.85. The van der Waals surface area contributed by atoms with E-state index in [0.717, 1.165) is 43.2 Å². The fourth-order valence-electron chi connectivity index (χ4n) is 4.50. The molecule has 2 aliphatic heterocycles. The minimum absolute atomic E-state index is 0.240. The molecule has 2 N–H and O–H groups in total. The van der Waals surface area contributed by atoms with Crippen molar-refractivity contribution in [2.75, 3.05) is 50.8 Å². The van der Waals surface area contributed by atoms with Gasteiger partial charge in [-0.15, -0.1) is 0 Å². The highest BCUT2D eigenvalue weighted by Crippen LogP contribution is 2.31. The second-order valence-corrected chi connectivity index (χ2v) is 8.80. The molecule has 4 rings (SSSR count). The zero-order chi connectivity index (χ0) is 24.8. The summed E-state index contributed by atoms with van der Waals surface area (Å²) >= 11 is 6.19. The van der Waals surface area contributed by atoms with E-state index in [0.29, 0.717) is 29.4 Å². The molecular weight excluding hydrogens is 468 g/mol. The summed E-state index contributed by atoms with van der Waals surface area (Å²) in [7, 11) is 0. The van der Waals surface area contributed by atoms with Crippen molar-refractivity contribution in [3.8, 4) is 5.75 Å². The number of para-hydroxylation sites is 2. The number of halogens is 1. The number of esters is 1. The molecular formula is C26H31ClN4O4. The molecule has 0 aliphatic carbocycles. The van der Waals surface area contributed by atoms with E-state index < -0.39 is 12.0 Å². The van der Waals surface area contributed by atoms with Crippen molar-refractivity contribution in [3.63, 3.8) is 0 Å². The Balaban J connectivity index is 1.55. The number of carbonyl (C=O) groups excluding carboxylic acids is 2. The highest BCUT2D eigenvalue weighted by Gasteiger charge is 2.35. The summed E-state index contributed by atoms with van der Waals surface area (Å²) in [5.74, 6) is 0.426. The monoisotopic (exact) mass is 498 g/mol. The molecule has 186 valence electrons. The van der Waals surface area contributed by atoms with Gasteiger partial charge in [0, 0.05) is 43.4 Å². The first-order valence-electron chi connectivity index (χ1n) is 11.9. The van der Waals surface area contributed by atoms with Crippen LogP contribution in [-0.2, 0) is 9.53 Å². The van der Waals surface area contributed by atoms with E-state index in [-0.39, 0.29) is 12.6 Å². The lowest BCUT2D eigenvalue weighted by Crippen LogP contribution is -2.51. The lowest BCUT2D eigenvalue weighted by molar-refractivity contribution is -0.139. The molecule has 2 aliphatic rings. The number of nitrogens with zero attached hydrogens (tertiary/aromatic N) is 2. The van der Waals surface area contributed by atoms with Crippen LogP contribution < -0.4 is 20.3 Å². The highest BCUT2D eigenvalue weighted by atomic mass is 35.5. The Hall–Kier alpha value is -3.23. The van der Waals surface area contributed by atoms with E-state index in [4.69, 9.17) is 21.1 Å². The van der Waals surface area contributed by atoms with E-state index in [2.05, 4.69) is 26.5 Å². The number of nitrogens with one attached hydrogen (secondary N) is 2. The van der Waals surface area contributed by atoms with Crippen molar-refractivity contribution < 1.29 is 19.1 Å². The van der Waals surface area contributed by atoms with Crippen molar-refractivity contribution >= 4 is 29.3 Å². The van der Waals surface area contributed by atoms with E-state index in [9.17, 15) is 9.59 Å². The molecule has 0 radical (unpaired) electrons. The number of ether oxygens (including phenoxy) is 2. The Morgan fingerprint density at radius 3 is 2.54 bits per heavy atom. The second-order valence-electron chi connectivity index (χ2n) is 8.36. The third-order valence-electron chi connectivity index (χ3n) is 6.09. The van der Waals surface area contributed by atoms with E-state index in [1.165, 1.54) is 0 Å². The molecule has 0 saturated carbocycles. The van der Waals surface area contributed by atoms with Crippen molar-refractivity contribution in [3.05, 3.63) is 70.4 Å². The molecule has 9 heteroatoms. The summed E-state index contributed by atoms with van der Waals surface area (Å²) in [4.78, 5) is 30.1. The third-order valence-corrected chi connectivity index (χ3v) is 6.33. The van der Waals surface area contributed by atoms with Gasteiger partial charge in [-0.1, -0.05) is 35.9 Å². The molecule has 1 atom stereocenters. The van der Waals surface area contributed by atoms with Crippen molar-refractivity contribution in [1.29, 1.82) is 0 Å². The number of urea groups is 1. The number of hydrogen-bond donors (Lipinski definition) is 2. The summed E-state index contributed by atoms with van der Waals surface area (Å²) in [6.45, 7) is 8.17. The van der Waals surface area contributed by atoms with Crippen molar-refractivity contribution in [1.82, 2.24) is 15.5 Å². The van der Waals surface area contributed by atoms with E-state index >= 15 is 0 Å². The van der Waals surface area contributed by atoms with Crippen LogP contribution in [0, 0.1) is 0 Å². The molecule has 2 heterocycles. The largest absolute Gasteiger partial charge is 0.492 e. The summed E-state index contributed by atoms with van der Waals surface area (Å²) in [5.41, 5.74) is 2.76. The van der Waals surface area contributed by atoms with Crippen LogP contribution in [0.5, 0.6) is 5.75 Å². The maximum Gasteiger partial charge on any atom is 0.338 e. The Labute approximate surface area is 210 Å². The van der Waals surface area contributed by atoms with Crippen LogP contribution in [0.25, 0.3) is 0 Å². The molecule has 0 bridgehead atoms. The first kappa shape index (κ1) is 24.9. The first-order chi connectivity index (χ1) is 17.0. The number of rotatable bonds is 8. The molecule has 35 heavy (non-hydrogen) atoms. The predicted molar refractivity (Wildman–Crippen MR) is 136 cm³/mol. The van der Waals surface area contributed by atoms with Gasteiger partial charge < -0.3 is 25.0 Å². The quantitative estimate of drug-likeness (QED) is 0.540. The summed E-state index contributed by atoms with van der Waals surface area (Å²) in [5, 5.41) is 6.24. The van der Waals surface area contributed by atoms with Crippen LogP contribution in [-0.4, -0.2) is 62.8 Å². The zero-order valence-electron chi connectivity index (χ0n) is 20.1. The van der Waals surface area contributed by atoms with Gasteiger partial charge in [0.15, 0.2) is 0 Å². The predicted octanol–water partition coefficient (Wildman–Crippen LogP) is 3.73. The van der Waals surface area contributed by atoms with Gasteiger partial charge in [0.2, 0.25) is 0 Å². The Morgan fingerprint density at radius 1 is 1.06 bits per heavy atom. The number of benzene rings is 2. The average molecular weight is 499 g/mol. The lowest BCUT2D eigenvalue weighted by atomic mass is 9.95. The SMILES string of the molecule is CCOC(=O)C1=C(CN2CCN(c3ccccc3OCC)CC2)NC(=O)N[C@@H]1c1cccc(Cl)c1. The number of piperazine rings is 1. The van der Waals surface area contributed by atoms with Crippen LogP contribution in [0.2, 0.25) is 5.02 Å². The van der Waals surface area contributed by atoms with Crippen LogP contribution >= 0.6 is 11.6 Å². The Kier molecular flexibility index (Phi) is 8.15. The van der Waals surface area contributed by atoms with Gasteiger partial charge in [-0.05, 0) is 43.7 Å². The Bertz CT molecular complexity index is 1100. The summed E-state index contributed by atoms with van der Waals surface area (Å²) < 4.78 is 11.2. The normalized spacial score (nSPS) is 18.7. The number of amides is 2. The Morgan fingerprint density at radius 2 is 1.83 bits per heavy atom. The van der Waals surface area contributed by atoms with Gasteiger partial charge in [-0.3, -0.25) is 4.90 Å². The fourth-order valence-corrected chi connectivity index (χ4v) is 4.69. The minimum Gasteiger partial charge on any atom is -0.492 e. The van der Waals surface area contributed by atoms with Gasteiger partial charge in [0.05, 0.1) is 30.5 Å². The third kappa shape index (κ3) is 5.89. The fraction of sp³-hybridized carbons (Fsp3) is 0.385. The smallest absolute Gasteiger partial charge is 0.338 e. The van der Waals surface area contributed by atoms with Crippen LogP contribution in [0.3, 0.4) is 0 Å². The highest BCUT2D eigenvalue weighted by molar-refractivity contribution is 6.30. The maximum absolute atomic E-state index is 13.0. The molecule has 2 aromatic rings. The van der Waals surface area contributed by atoms with Gasteiger partial charge in [0.1, 0.15) is 5.75 Å². The van der Waals surface area contributed by atoms with E-state index in [1.807, 2.05) is 31.2 Å². The summed E-state index contributed by atoms with van der Waals surface area (Å²) in [6.07, 6.45) is 0. The summed E-state index contributed by atoms with van der Waals surface area (Å²) in [6, 6.07) is 14.2. The van der Waals surface area contributed by atoms with Gasteiger partial charge >= 0.3 is 12.0 Å². The van der Waals surface area contributed by atoms with Crippen molar-refractivity contribution in [2.45, 2.75) is 19.9 Å². The topological polar surface area (TPSA) is 83.1 Å². The first-order valence-corrected chi connectivity index (χ1v) is 12.3. The standard InChI is InChI=1S/C26H31ClN4O4/c1-3-34-22-11-6-5-10-21(22)31-14-12-30(13-15-31)17-20-23(25(32)35-4-2)24(29-26(33)28-20)18-8-7-9-19(27)16-18/h5-11,16,24H,3-4,12-15,17H2,1-2H3,(H2,28,29,33)/t24-/m1/s1. The molecule has 0 aromatic heterocycles. The van der Waals surface area contributed by atoms with Gasteiger partial charge in [-0.25, -0.2) is 9.59 Å². The minimum atomic E-state index is -0.643. The van der Waals surface area contributed by atoms with Gasteiger partial charge in [0.25, 0.3) is 0 Å². The molecule has 2 aromatic carbocycles. The maximum atomic E-state index is 13.0. The molecule has 2 amide bonds. The van der Waals surface area contributed by atoms with Gasteiger partial charge in [-0.2, -0.15) is 0 Å². The second kappa shape index (κ2) is 11.5. The van der Waals surface area contributed by atoms with E-state index in [1.54, 1.807) is 25.1 Å². The molecule has 0 unspecified atom stereocenters. The van der Waals surface area contributed by atoms with Crippen LogP contribution in [0.1, 0.15) is 25.5 Å². The van der Waals surface area contributed by atoms with Crippen LogP contribution in [0.4, 0.5) is 10.5 Å². The lowest BCUT2D eigenvalue weighted by Gasteiger charge is -2.38. The molecule has 8 nitrogen and oxygen atoms in total.